The van der Waals surface area contributed by atoms with Crippen LogP contribution in [0.15, 0.2) is 0 Å². The van der Waals surface area contributed by atoms with E-state index in [0.717, 1.165) is 0 Å². The number of nitrogens with zero attached hydrogens (tertiary/aromatic N) is 1. The number of carbonyl (C=O) groups is 2. The molecule has 1 unspecified atom stereocenters. The van der Waals surface area contributed by atoms with Crippen molar-refractivity contribution in [3.8, 4) is 0 Å². The number of carbonyl (C=O) groups excluding carboxylic acids is 2. The molecule has 0 heterocycles. The van der Waals surface area contributed by atoms with E-state index in [9.17, 15) is 9.59 Å². The summed E-state index contributed by atoms with van der Waals surface area (Å²) in [5.41, 5.74) is 4.96. The molecule has 0 radical (unpaired) electrons. The van der Waals surface area contributed by atoms with Gasteiger partial charge in [0.1, 0.15) is 0 Å². The number of nitrogens with one attached hydrogen (secondary N) is 1. The molecule has 5 nitrogen and oxygen atoms in total. The average molecular weight is 187 g/mol. The molecule has 0 fully saturated rings. The van der Waals surface area contributed by atoms with Crippen LogP contribution in [-0.4, -0.2) is 43.9 Å². The van der Waals surface area contributed by atoms with E-state index in [-0.39, 0.29) is 18.4 Å². The molecule has 0 spiro atoms. The molecule has 13 heavy (non-hydrogen) atoms. The van der Waals surface area contributed by atoms with Gasteiger partial charge in [0.15, 0.2) is 0 Å². The van der Waals surface area contributed by atoms with Gasteiger partial charge in [-0.15, -0.1) is 0 Å². The quantitative estimate of drug-likeness (QED) is 0.567. The van der Waals surface area contributed by atoms with Gasteiger partial charge in [0.25, 0.3) is 0 Å². The van der Waals surface area contributed by atoms with Gasteiger partial charge >= 0.3 is 0 Å². The lowest BCUT2D eigenvalue weighted by atomic mass is 10.1. The van der Waals surface area contributed by atoms with Crippen LogP contribution in [-0.2, 0) is 9.59 Å². The molecule has 0 aliphatic carbocycles. The zero-order valence-electron chi connectivity index (χ0n) is 8.33. The lowest BCUT2D eigenvalue weighted by molar-refractivity contribution is -0.136. The summed E-state index contributed by atoms with van der Waals surface area (Å²) in [5, 5.41) is 2.89. The summed E-state index contributed by atoms with van der Waals surface area (Å²) in [6.07, 6.45) is 0. The standard InChI is InChI=1S/C8H17N3O2/c1-6(4-10-2)8(13)11(3)5-7(9)12/h6,10H,4-5H2,1-3H3,(H2,9,12). The number of nitrogens with two attached hydrogens (primary N) is 1. The molecule has 0 aromatic carbocycles. The molecule has 3 N–H and O–H groups in total. The van der Waals surface area contributed by atoms with Crippen molar-refractivity contribution in [1.29, 1.82) is 0 Å². The van der Waals surface area contributed by atoms with Crippen LogP contribution in [0.1, 0.15) is 6.92 Å². The third-order valence-corrected chi connectivity index (χ3v) is 1.70. The maximum absolute atomic E-state index is 11.4. The van der Waals surface area contributed by atoms with Gasteiger partial charge in [-0.2, -0.15) is 0 Å². The fourth-order valence-electron chi connectivity index (χ4n) is 1.08. The van der Waals surface area contributed by atoms with Gasteiger partial charge in [-0.1, -0.05) is 6.92 Å². The maximum Gasteiger partial charge on any atom is 0.237 e. The first kappa shape index (κ1) is 11.9. The molecule has 0 rings (SSSR count). The van der Waals surface area contributed by atoms with E-state index in [1.807, 2.05) is 0 Å². The molecule has 76 valence electrons. The summed E-state index contributed by atoms with van der Waals surface area (Å²) >= 11 is 0. The van der Waals surface area contributed by atoms with Crippen molar-refractivity contribution in [2.75, 3.05) is 27.2 Å². The second kappa shape index (κ2) is 5.53. The van der Waals surface area contributed by atoms with Crippen LogP contribution in [0.2, 0.25) is 0 Å². The first-order valence-corrected chi connectivity index (χ1v) is 4.17. The lowest BCUT2D eigenvalue weighted by Gasteiger charge is -2.19. The minimum atomic E-state index is -0.493. The minimum absolute atomic E-state index is 0.0209. The summed E-state index contributed by atoms with van der Waals surface area (Å²) in [6.45, 7) is 2.38. The Morgan fingerprint density at radius 3 is 2.46 bits per heavy atom. The third kappa shape index (κ3) is 4.47. The molecular formula is C8H17N3O2. The molecule has 0 aliphatic heterocycles. The monoisotopic (exact) mass is 187 g/mol. The summed E-state index contributed by atoms with van der Waals surface area (Å²) in [7, 11) is 3.34. The lowest BCUT2D eigenvalue weighted by Crippen LogP contribution is -2.40. The first-order chi connectivity index (χ1) is 5.99. The van der Waals surface area contributed by atoms with Crippen LogP contribution in [0, 0.1) is 5.92 Å². The van der Waals surface area contributed by atoms with Gasteiger partial charge in [0, 0.05) is 19.5 Å². The maximum atomic E-state index is 11.4. The van der Waals surface area contributed by atoms with Crippen molar-refractivity contribution in [3.05, 3.63) is 0 Å². The highest BCUT2D eigenvalue weighted by atomic mass is 16.2. The molecular weight excluding hydrogens is 170 g/mol. The predicted molar refractivity (Wildman–Crippen MR) is 49.9 cm³/mol. The molecule has 0 bridgehead atoms. The van der Waals surface area contributed by atoms with Crippen LogP contribution in [0.25, 0.3) is 0 Å². The van der Waals surface area contributed by atoms with Crippen LogP contribution < -0.4 is 11.1 Å². The average Bonchev–Trinajstić information content (AvgIpc) is 2.02. The molecule has 5 heteroatoms. The van der Waals surface area contributed by atoms with Crippen molar-refractivity contribution >= 4 is 11.8 Å². The summed E-state index contributed by atoms with van der Waals surface area (Å²) in [4.78, 5) is 23.3. The SMILES string of the molecule is CNCC(C)C(=O)N(C)CC(N)=O. The normalized spacial score (nSPS) is 12.2. The Morgan fingerprint density at radius 2 is 2.08 bits per heavy atom. The minimum Gasteiger partial charge on any atom is -0.368 e. The number of rotatable bonds is 5. The zero-order valence-corrected chi connectivity index (χ0v) is 8.33. The topological polar surface area (TPSA) is 75.4 Å². The zero-order chi connectivity index (χ0) is 10.4. The summed E-state index contributed by atoms with van der Waals surface area (Å²) in [6, 6.07) is 0. The number of hydrogen-bond donors (Lipinski definition) is 2. The second-order valence-electron chi connectivity index (χ2n) is 3.12. The van der Waals surface area contributed by atoms with Crippen molar-refractivity contribution in [2.45, 2.75) is 6.92 Å². The summed E-state index contributed by atoms with van der Waals surface area (Å²) in [5.74, 6) is -0.699. The van der Waals surface area contributed by atoms with Gasteiger partial charge in [-0.05, 0) is 7.05 Å². The highest BCUT2D eigenvalue weighted by Gasteiger charge is 2.17. The molecule has 0 saturated carbocycles. The van der Waals surface area contributed by atoms with E-state index in [4.69, 9.17) is 5.73 Å². The van der Waals surface area contributed by atoms with Gasteiger partial charge in [0.2, 0.25) is 11.8 Å². The molecule has 0 aromatic rings. The van der Waals surface area contributed by atoms with E-state index in [2.05, 4.69) is 5.32 Å². The Bertz CT molecular complexity index is 194. The van der Waals surface area contributed by atoms with E-state index in [1.54, 1.807) is 21.0 Å². The van der Waals surface area contributed by atoms with Crippen molar-refractivity contribution < 1.29 is 9.59 Å². The predicted octanol–water partition coefficient (Wildman–Crippen LogP) is -1.21. The fourth-order valence-corrected chi connectivity index (χ4v) is 1.08. The Kier molecular flexibility index (Phi) is 5.06. The van der Waals surface area contributed by atoms with Crippen molar-refractivity contribution in [2.24, 2.45) is 11.7 Å². The molecule has 0 aliphatic rings. The highest BCUT2D eigenvalue weighted by molar-refractivity contribution is 5.84. The van der Waals surface area contributed by atoms with Crippen molar-refractivity contribution in [1.82, 2.24) is 10.2 Å². The Labute approximate surface area is 78.3 Å². The van der Waals surface area contributed by atoms with Crippen molar-refractivity contribution in [3.63, 3.8) is 0 Å². The van der Waals surface area contributed by atoms with Gasteiger partial charge in [-0.25, -0.2) is 0 Å². The van der Waals surface area contributed by atoms with E-state index in [1.165, 1.54) is 4.90 Å². The number of likely N-dealkylation sites (N-methyl/N-ethyl adjacent to an activating group) is 1. The Morgan fingerprint density at radius 1 is 1.54 bits per heavy atom. The number of amides is 2. The Hall–Kier alpha value is -1.10. The fraction of sp³-hybridized carbons (Fsp3) is 0.750. The van der Waals surface area contributed by atoms with Crippen LogP contribution in [0.3, 0.4) is 0 Å². The van der Waals surface area contributed by atoms with Crippen LogP contribution in [0.5, 0.6) is 0 Å². The molecule has 0 aromatic heterocycles. The molecule has 0 saturated heterocycles. The van der Waals surface area contributed by atoms with Gasteiger partial charge in [0.05, 0.1) is 6.54 Å². The number of primary amides is 1. The second-order valence-corrected chi connectivity index (χ2v) is 3.12. The largest absolute Gasteiger partial charge is 0.368 e. The van der Waals surface area contributed by atoms with Gasteiger partial charge < -0.3 is 16.0 Å². The summed E-state index contributed by atoms with van der Waals surface area (Å²) < 4.78 is 0. The van der Waals surface area contributed by atoms with E-state index < -0.39 is 5.91 Å². The van der Waals surface area contributed by atoms with E-state index in [0.29, 0.717) is 6.54 Å². The van der Waals surface area contributed by atoms with E-state index >= 15 is 0 Å². The smallest absolute Gasteiger partial charge is 0.237 e. The van der Waals surface area contributed by atoms with Gasteiger partial charge in [-0.3, -0.25) is 9.59 Å². The van der Waals surface area contributed by atoms with Crippen LogP contribution >= 0.6 is 0 Å². The number of hydrogen-bond acceptors (Lipinski definition) is 3. The molecule has 1 atom stereocenters. The Balaban J connectivity index is 4.01. The van der Waals surface area contributed by atoms with Crippen LogP contribution in [0.4, 0.5) is 0 Å². The molecule has 2 amide bonds. The third-order valence-electron chi connectivity index (χ3n) is 1.70. The highest BCUT2D eigenvalue weighted by Crippen LogP contribution is 1.98. The first-order valence-electron chi connectivity index (χ1n) is 4.17.